The van der Waals surface area contributed by atoms with Gasteiger partial charge in [-0.05, 0) is 38.2 Å². The van der Waals surface area contributed by atoms with Crippen molar-refractivity contribution in [2.24, 2.45) is 5.92 Å². The Morgan fingerprint density at radius 2 is 2.15 bits per heavy atom. The molecule has 2 aromatic heterocycles. The maximum atomic E-state index is 12.8. The van der Waals surface area contributed by atoms with Crippen LogP contribution < -0.4 is 4.90 Å². The number of anilines is 1. The van der Waals surface area contributed by atoms with Crippen LogP contribution in [-0.2, 0) is 4.79 Å². The van der Waals surface area contributed by atoms with Crippen molar-refractivity contribution in [2.45, 2.75) is 38.3 Å². The van der Waals surface area contributed by atoms with Crippen LogP contribution in [0.5, 0.6) is 0 Å². The van der Waals surface area contributed by atoms with Crippen LogP contribution in [0.3, 0.4) is 0 Å². The zero-order valence-electron chi connectivity index (χ0n) is 15.3. The van der Waals surface area contributed by atoms with Gasteiger partial charge in [0.25, 0.3) is 0 Å². The number of carbonyl (C=O) groups is 1. The lowest BCUT2D eigenvalue weighted by atomic mass is 10.1. The first kappa shape index (κ1) is 16.1. The van der Waals surface area contributed by atoms with Gasteiger partial charge >= 0.3 is 0 Å². The normalized spacial score (nSPS) is 29.0. The van der Waals surface area contributed by atoms with Gasteiger partial charge in [0.05, 0.1) is 12.7 Å². The molecule has 26 heavy (non-hydrogen) atoms. The first-order valence-electron chi connectivity index (χ1n) is 9.76. The van der Waals surface area contributed by atoms with Crippen molar-refractivity contribution < 1.29 is 4.79 Å². The van der Waals surface area contributed by atoms with Gasteiger partial charge in [0.15, 0.2) is 5.65 Å². The standard InChI is InChI=1S/C19H26N6O/c1-14-11-22(19(26)13-23-12-15-2-3-16(23)10-15)8-9-24(14)17-5-7-25-18(21-17)4-6-20-25/h4-7,14-16H,2-3,8-13H2,1H3/t14-,15?,16?/m1/s1. The van der Waals surface area contributed by atoms with E-state index in [0.717, 1.165) is 43.6 Å². The fourth-order valence-electron chi connectivity index (χ4n) is 4.98. The molecule has 5 rings (SSSR count). The number of hydrogen-bond acceptors (Lipinski definition) is 5. The maximum absolute atomic E-state index is 12.8. The van der Waals surface area contributed by atoms with Crippen LogP contribution in [0.4, 0.5) is 5.82 Å². The number of likely N-dealkylation sites (tertiary alicyclic amines) is 1. The number of hydrogen-bond donors (Lipinski definition) is 0. The lowest BCUT2D eigenvalue weighted by molar-refractivity contribution is -0.133. The molecule has 7 nitrogen and oxygen atoms in total. The lowest BCUT2D eigenvalue weighted by Crippen LogP contribution is -2.56. The number of piperazine rings is 1. The zero-order chi connectivity index (χ0) is 17.7. The van der Waals surface area contributed by atoms with E-state index in [-0.39, 0.29) is 6.04 Å². The molecule has 0 radical (unpaired) electrons. The van der Waals surface area contributed by atoms with Gasteiger partial charge < -0.3 is 9.80 Å². The van der Waals surface area contributed by atoms with Crippen molar-refractivity contribution >= 4 is 17.4 Å². The Labute approximate surface area is 153 Å². The molecule has 0 aromatic carbocycles. The molecule has 1 aliphatic carbocycles. The van der Waals surface area contributed by atoms with E-state index in [1.54, 1.807) is 10.7 Å². The second kappa shape index (κ2) is 6.23. The van der Waals surface area contributed by atoms with E-state index in [1.807, 2.05) is 23.2 Å². The van der Waals surface area contributed by atoms with E-state index in [0.29, 0.717) is 18.5 Å². The van der Waals surface area contributed by atoms with Crippen LogP contribution in [0, 0.1) is 5.92 Å². The van der Waals surface area contributed by atoms with E-state index in [2.05, 4.69) is 21.8 Å². The SMILES string of the molecule is C[C@@H]1CN(C(=O)CN2CC3CCC2C3)CCN1c1ccn2nccc2n1. The Kier molecular flexibility index (Phi) is 3.85. The summed E-state index contributed by atoms with van der Waals surface area (Å²) in [5, 5.41) is 4.20. The summed E-state index contributed by atoms with van der Waals surface area (Å²) in [6.07, 6.45) is 7.66. The van der Waals surface area contributed by atoms with Crippen molar-refractivity contribution in [3.05, 3.63) is 24.5 Å². The highest BCUT2D eigenvalue weighted by atomic mass is 16.2. The van der Waals surface area contributed by atoms with E-state index >= 15 is 0 Å². The predicted octanol–water partition coefficient (Wildman–Crippen LogP) is 1.25. The molecule has 3 fully saturated rings. The molecule has 3 aliphatic rings. The topological polar surface area (TPSA) is 57.0 Å². The van der Waals surface area contributed by atoms with Crippen LogP contribution in [0.2, 0.25) is 0 Å². The predicted molar refractivity (Wildman–Crippen MR) is 99.1 cm³/mol. The van der Waals surface area contributed by atoms with Crippen LogP contribution in [0.25, 0.3) is 5.65 Å². The molecule has 7 heteroatoms. The number of rotatable bonds is 3. The first-order chi connectivity index (χ1) is 12.7. The van der Waals surface area contributed by atoms with Gasteiger partial charge in [-0.25, -0.2) is 9.50 Å². The fraction of sp³-hybridized carbons (Fsp3) is 0.632. The van der Waals surface area contributed by atoms with Crippen LogP contribution in [0.15, 0.2) is 24.5 Å². The number of amides is 1. The number of piperidine rings is 1. The van der Waals surface area contributed by atoms with Crippen LogP contribution in [0.1, 0.15) is 26.2 Å². The summed E-state index contributed by atoms with van der Waals surface area (Å²) in [5.74, 6) is 2.10. The van der Waals surface area contributed by atoms with Crippen molar-refractivity contribution in [2.75, 3.05) is 37.6 Å². The molecule has 0 spiro atoms. The molecule has 3 atom stereocenters. The van der Waals surface area contributed by atoms with Crippen molar-refractivity contribution in [3.63, 3.8) is 0 Å². The minimum Gasteiger partial charge on any atom is -0.350 e. The summed E-state index contributed by atoms with van der Waals surface area (Å²) in [6, 6.07) is 4.85. The average molecular weight is 354 g/mol. The quantitative estimate of drug-likeness (QED) is 0.830. The van der Waals surface area contributed by atoms with E-state index in [4.69, 9.17) is 4.98 Å². The number of fused-ring (bicyclic) bond motifs is 3. The molecule has 2 unspecified atom stereocenters. The maximum Gasteiger partial charge on any atom is 0.236 e. The highest BCUT2D eigenvalue weighted by Gasteiger charge is 2.39. The molecule has 2 saturated heterocycles. The highest BCUT2D eigenvalue weighted by molar-refractivity contribution is 5.78. The lowest BCUT2D eigenvalue weighted by Gasteiger charge is -2.41. The Hall–Kier alpha value is -2.15. The van der Waals surface area contributed by atoms with Gasteiger partial charge in [-0.3, -0.25) is 9.69 Å². The number of aromatic nitrogens is 3. The third-order valence-electron chi connectivity index (χ3n) is 6.38. The van der Waals surface area contributed by atoms with Gasteiger partial charge in [-0.15, -0.1) is 0 Å². The van der Waals surface area contributed by atoms with Gasteiger partial charge in [0.2, 0.25) is 5.91 Å². The van der Waals surface area contributed by atoms with Gasteiger partial charge in [0.1, 0.15) is 5.82 Å². The second-order valence-electron chi connectivity index (χ2n) is 8.06. The summed E-state index contributed by atoms with van der Waals surface area (Å²) < 4.78 is 1.78. The second-order valence-corrected chi connectivity index (χ2v) is 8.06. The van der Waals surface area contributed by atoms with E-state index in [1.165, 1.54) is 19.3 Å². The summed E-state index contributed by atoms with van der Waals surface area (Å²) in [5.41, 5.74) is 0.859. The first-order valence-corrected chi connectivity index (χ1v) is 9.76. The van der Waals surface area contributed by atoms with Crippen LogP contribution in [-0.4, -0.2) is 75.1 Å². The summed E-state index contributed by atoms with van der Waals surface area (Å²) in [7, 11) is 0. The van der Waals surface area contributed by atoms with E-state index in [9.17, 15) is 4.79 Å². The minimum atomic E-state index is 0.264. The number of carbonyl (C=O) groups excluding carboxylic acids is 1. The fourth-order valence-corrected chi connectivity index (χ4v) is 4.98. The molecule has 2 bridgehead atoms. The Bertz CT molecular complexity index is 819. The van der Waals surface area contributed by atoms with Gasteiger partial charge in [-0.2, -0.15) is 5.10 Å². The summed E-state index contributed by atoms with van der Waals surface area (Å²) in [4.78, 5) is 24.3. The van der Waals surface area contributed by atoms with Crippen molar-refractivity contribution in [1.82, 2.24) is 24.4 Å². The Balaban J connectivity index is 1.23. The molecular weight excluding hydrogens is 328 g/mol. The average Bonchev–Trinajstić information content (AvgIpc) is 3.37. The molecule has 4 heterocycles. The third-order valence-corrected chi connectivity index (χ3v) is 6.38. The zero-order valence-corrected chi connectivity index (χ0v) is 15.3. The molecule has 1 amide bonds. The minimum absolute atomic E-state index is 0.264. The molecule has 1 saturated carbocycles. The van der Waals surface area contributed by atoms with Crippen molar-refractivity contribution in [3.8, 4) is 0 Å². The Morgan fingerprint density at radius 3 is 2.92 bits per heavy atom. The molecular formula is C19H26N6O. The van der Waals surface area contributed by atoms with Gasteiger partial charge in [-0.1, -0.05) is 0 Å². The van der Waals surface area contributed by atoms with Crippen molar-refractivity contribution in [1.29, 1.82) is 0 Å². The number of nitrogens with zero attached hydrogens (tertiary/aromatic N) is 6. The summed E-state index contributed by atoms with van der Waals surface area (Å²) >= 11 is 0. The Morgan fingerprint density at radius 1 is 1.23 bits per heavy atom. The third kappa shape index (κ3) is 2.74. The largest absolute Gasteiger partial charge is 0.350 e. The molecule has 0 N–H and O–H groups in total. The highest BCUT2D eigenvalue weighted by Crippen LogP contribution is 2.37. The van der Waals surface area contributed by atoms with Crippen LogP contribution >= 0.6 is 0 Å². The molecule has 2 aromatic rings. The van der Waals surface area contributed by atoms with E-state index < -0.39 is 0 Å². The molecule has 2 aliphatic heterocycles. The molecule has 138 valence electrons. The smallest absolute Gasteiger partial charge is 0.236 e. The van der Waals surface area contributed by atoms with Gasteiger partial charge in [0, 0.05) is 50.5 Å². The summed E-state index contributed by atoms with van der Waals surface area (Å²) in [6.45, 7) is 6.29. The monoisotopic (exact) mass is 354 g/mol.